The SMILES string of the molecule is CC(=O)O[C@H]1C[C@@H](OC(C)=O)[C@@](C)(O)[C@@H]2[C@@H](OC(C)=O)[C@@]3(O)[C@H](/C=C(/CCl)[C@H]4O[C@H]4[C@@H](OC(C)=O)[C@@]12C)OC(=O)[C@@H]3C. The number of alkyl halides is 1. The molecule has 0 radical (unpaired) electrons. The second kappa shape index (κ2) is 11.1. The van der Waals surface area contributed by atoms with Crippen LogP contribution in [0, 0.1) is 17.3 Å². The predicted molar refractivity (Wildman–Crippen MR) is 141 cm³/mol. The van der Waals surface area contributed by atoms with Gasteiger partial charge in [-0.3, -0.25) is 24.0 Å². The van der Waals surface area contributed by atoms with Crippen molar-refractivity contribution in [1.29, 1.82) is 0 Å². The molecule has 13 nitrogen and oxygen atoms in total. The van der Waals surface area contributed by atoms with Crippen LogP contribution in [0.5, 0.6) is 0 Å². The second-order valence-electron chi connectivity index (χ2n) is 11.9. The Kier molecular flexibility index (Phi) is 8.48. The Bertz CT molecular complexity index is 1200. The van der Waals surface area contributed by atoms with Crippen LogP contribution >= 0.6 is 11.6 Å². The van der Waals surface area contributed by atoms with E-state index in [0.29, 0.717) is 5.57 Å². The Morgan fingerprint density at radius 1 is 0.929 bits per heavy atom. The topological polar surface area (TPSA) is 184 Å². The normalized spacial score (nSPS) is 45.4. The lowest BCUT2D eigenvalue weighted by molar-refractivity contribution is -0.291. The van der Waals surface area contributed by atoms with Gasteiger partial charge in [-0.25, -0.2) is 0 Å². The summed E-state index contributed by atoms with van der Waals surface area (Å²) in [6, 6.07) is 0. The summed E-state index contributed by atoms with van der Waals surface area (Å²) in [7, 11) is 0. The first kappa shape index (κ1) is 32.2. The molecule has 0 amide bonds. The number of carbonyl (C=O) groups is 5. The first-order valence-corrected chi connectivity index (χ1v) is 14.2. The van der Waals surface area contributed by atoms with E-state index in [9.17, 15) is 34.2 Å². The molecule has 4 rings (SSSR count). The maximum Gasteiger partial charge on any atom is 0.312 e. The minimum absolute atomic E-state index is 0.121. The molecule has 0 aromatic carbocycles. The van der Waals surface area contributed by atoms with Crippen molar-refractivity contribution >= 4 is 41.4 Å². The fraction of sp³-hybridized carbons (Fsp3) is 0.750. The lowest BCUT2D eigenvalue weighted by Crippen LogP contribution is -2.74. The van der Waals surface area contributed by atoms with E-state index in [-0.39, 0.29) is 12.3 Å². The van der Waals surface area contributed by atoms with Crippen molar-refractivity contribution in [2.45, 2.75) is 109 Å². The summed E-state index contributed by atoms with van der Waals surface area (Å²) in [4.78, 5) is 62.9. The maximum absolute atomic E-state index is 13.0. The van der Waals surface area contributed by atoms with E-state index in [2.05, 4.69) is 0 Å². The van der Waals surface area contributed by atoms with Crippen molar-refractivity contribution in [3.8, 4) is 0 Å². The zero-order chi connectivity index (χ0) is 31.5. The first-order valence-electron chi connectivity index (χ1n) is 13.7. The molecule has 4 aliphatic rings. The Morgan fingerprint density at radius 2 is 1.45 bits per heavy atom. The number of rotatable bonds is 5. The number of fused-ring (bicyclic) bond motifs is 3. The number of esters is 5. The minimum atomic E-state index is -2.34. The van der Waals surface area contributed by atoms with Gasteiger partial charge in [0, 0.05) is 45.9 Å². The number of ether oxygens (including phenoxy) is 6. The number of epoxide rings is 1. The molecule has 2 aliphatic heterocycles. The van der Waals surface area contributed by atoms with Crippen LogP contribution in [-0.2, 0) is 52.4 Å². The molecule has 42 heavy (non-hydrogen) atoms. The van der Waals surface area contributed by atoms with Crippen molar-refractivity contribution in [3.63, 3.8) is 0 Å². The lowest BCUT2D eigenvalue weighted by atomic mass is 9.51. The van der Waals surface area contributed by atoms with E-state index in [1.54, 1.807) is 6.92 Å². The molecule has 1 saturated carbocycles. The van der Waals surface area contributed by atoms with Crippen LogP contribution in [0.3, 0.4) is 0 Å². The minimum Gasteiger partial charge on any atom is -0.462 e. The van der Waals surface area contributed by atoms with Crippen LogP contribution in [0.4, 0.5) is 0 Å². The third-order valence-corrected chi connectivity index (χ3v) is 9.41. The van der Waals surface area contributed by atoms with Gasteiger partial charge in [-0.2, -0.15) is 0 Å². The van der Waals surface area contributed by atoms with E-state index in [1.165, 1.54) is 19.9 Å². The molecule has 2 N–H and O–H groups in total. The highest BCUT2D eigenvalue weighted by atomic mass is 35.5. The van der Waals surface area contributed by atoms with Gasteiger partial charge in [0.1, 0.15) is 42.2 Å². The van der Waals surface area contributed by atoms with Crippen molar-refractivity contribution in [3.05, 3.63) is 11.6 Å². The molecule has 2 heterocycles. The van der Waals surface area contributed by atoms with Gasteiger partial charge in [0.2, 0.25) is 0 Å². The summed E-state index contributed by atoms with van der Waals surface area (Å²) in [6.45, 7) is 8.74. The van der Waals surface area contributed by atoms with E-state index >= 15 is 0 Å². The number of aliphatic hydroxyl groups is 2. The van der Waals surface area contributed by atoms with Crippen LogP contribution in [0.25, 0.3) is 0 Å². The summed E-state index contributed by atoms with van der Waals surface area (Å²) >= 11 is 6.27. The van der Waals surface area contributed by atoms with Crippen LogP contribution in [0.15, 0.2) is 11.6 Å². The Morgan fingerprint density at radius 3 is 1.98 bits per heavy atom. The predicted octanol–water partition coefficient (Wildman–Crippen LogP) is 0.729. The summed E-state index contributed by atoms with van der Waals surface area (Å²) in [5.74, 6) is -6.92. The quantitative estimate of drug-likeness (QED) is 0.145. The average Bonchev–Trinajstić information content (AvgIpc) is 3.61. The van der Waals surface area contributed by atoms with E-state index in [0.717, 1.165) is 27.7 Å². The van der Waals surface area contributed by atoms with Crippen molar-refractivity contribution in [1.82, 2.24) is 0 Å². The highest BCUT2D eigenvalue weighted by molar-refractivity contribution is 6.19. The Balaban J connectivity index is 2.11. The fourth-order valence-corrected chi connectivity index (χ4v) is 7.42. The fourth-order valence-electron chi connectivity index (χ4n) is 7.18. The molecule has 0 bridgehead atoms. The highest BCUT2D eigenvalue weighted by Crippen LogP contribution is 2.60. The molecular weight excluding hydrogens is 580 g/mol. The van der Waals surface area contributed by atoms with Crippen LogP contribution < -0.4 is 0 Å². The summed E-state index contributed by atoms with van der Waals surface area (Å²) in [5, 5.41) is 24.8. The second-order valence-corrected chi connectivity index (χ2v) is 12.2. The Labute approximate surface area is 247 Å². The molecule has 0 aromatic heterocycles. The van der Waals surface area contributed by atoms with Gasteiger partial charge in [-0.15, -0.1) is 11.6 Å². The molecule has 2 saturated heterocycles. The third-order valence-electron chi connectivity index (χ3n) is 9.10. The van der Waals surface area contributed by atoms with Gasteiger partial charge in [0.05, 0.1) is 11.3 Å². The van der Waals surface area contributed by atoms with Crippen LogP contribution in [0.2, 0.25) is 0 Å². The largest absolute Gasteiger partial charge is 0.462 e. The van der Waals surface area contributed by atoms with Gasteiger partial charge >= 0.3 is 29.8 Å². The van der Waals surface area contributed by atoms with Crippen molar-refractivity contribution in [2.75, 3.05) is 5.88 Å². The number of hydrogen-bond acceptors (Lipinski definition) is 13. The van der Waals surface area contributed by atoms with Gasteiger partial charge in [0.15, 0.2) is 11.7 Å². The average molecular weight is 617 g/mol. The number of halogens is 1. The zero-order valence-corrected chi connectivity index (χ0v) is 25.2. The van der Waals surface area contributed by atoms with Gasteiger partial charge < -0.3 is 38.6 Å². The van der Waals surface area contributed by atoms with Gasteiger partial charge in [-0.1, -0.05) is 6.92 Å². The summed E-state index contributed by atoms with van der Waals surface area (Å²) in [5.41, 5.74) is -5.78. The van der Waals surface area contributed by atoms with Crippen LogP contribution in [-0.4, -0.2) is 99.9 Å². The smallest absolute Gasteiger partial charge is 0.312 e. The molecule has 12 atom stereocenters. The first-order chi connectivity index (χ1) is 19.4. The van der Waals surface area contributed by atoms with E-state index in [1.807, 2.05) is 0 Å². The monoisotopic (exact) mass is 616 g/mol. The molecule has 0 spiro atoms. The van der Waals surface area contributed by atoms with E-state index < -0.39 is 101 Å². The number of carbonyl (C=O) groups excluding carboxylic acids is 5. The molecule has 234 valence electrons. The summed E-state index contributed by atoms with van der Waals surface area (Å²) < 4.78 is 34.5. The van der Waals surface area contributed by atoms with Crippen molar-refractivity contribution in [2.24, 2.45) is 17.3 Å². The number of hydrogen-bond donors (Lipinski definition) is 2. The lowest BCUT2D eigenvalue weighted by Gasteiger charge is -2.60. The standard InChI is InChI=1S/C28H37ClO13/c1-11-25(34)41-19-8-16(10-29)20-21(42-20)23(39-14(4)32)26(6)17(37-12(2)30)9-18(38-13(3)31)27(7,35)22(26)24(28(11,19)36)40-15(5)33/h8,11,17-24,35-36H,9-10H2,1-7H3/b16-8-/t11-,17-,18+,19-,20+,21+,22+,23+,24+,26-,27+,28-/m0/s1. The van der Waals surface area contributed by atoms with E-state index in [4.69, 9.17) is 40.0 Å². The molecule has 3 fully saturated rings. The molecular formula is C28H37ClO13. The molecule has 0 aromatic rings. The van der Waals surface area contributed by atoms with Gasteiger partial charge in [0.25, 0.3) is 0 Å². The highest BCUT2D eigenvalue weighted by Gasteiger charge is 2.75. The molecule has 0 unspecified atom stereocenters. The van der Waals surface area contributed by atoms with Gasteiger partial charge in [-0.05, 0) is 25.5 Å². The molecule has 14 heteroatoms. The molecule has 2 aliphatic carbocycles. The van der Waals surface area contributed by atoms with Crippen LogP contribution in [0.1, 0.15) is 54.9 Å². The zero-order valence-electron chi connectivity index (χ0n) is 24.5. The third kappa shape index (κ3) is 5.18. The maximum atomic E-state index is 13.0. The summed E-state index contributed by atoms with van der Waals surface area (Å²) in [6.07, 6.45) is -7.59. The Hall–Kier alpha value is -2.74. The van der Waals surface area contributed by atoms with Crippen molar-refractivity contribution < 1.29 is 62.6 Å².